The molecule has 0 fully saturated rings. The van der Waals surface area contributed by atoms with E-state index in [0.717, 1.165) is 0 Å². The zero-order valence-corrected chi connectivity index (χ0v) is 8.66. The van der Waals surface area contributed by atoms with Crippen LogP contribution >= 0.6 is 0 Å². The number of primary amides is 1. The van der Waals surface area contributed by atoms with Crippen LogP contribution in [0.4, 0.5) is 10.1 Å². The smallest absolute Gasteiger partial charge is 0.217 e. The zero-order chi connectivity index (χ0) is 11.4. The van der Waals surface area contributed by atoms with Crippen LogP contribution in [0, 0.1) is 5.82 Å². The van der Waals surface area contributed by atoms with Gasteiger partial charge in [0.1, 0.15) is 5.82 Å². The number of carbonyl (C=O) groups excluding carboxylic acids is 1. The lowest BCUT2D eigenvalue weighted by molar-refractivity contribution is -0.118. The van der Waals surface area contributed by atoms with Gasteiger partial charge in [-0.25, -0.2) is 4.39 Å². The van der Waals surface area contributed by atoms with E-state index in [9.17, 15) is 9.18 Å². The van der Waals surface area contributed by atoms with E-state index in [1.54, 1.807) is 12.1 Å². The number of carbonyl (C=O) groups is 1. The Morgan fingerprint density at radius 3 is 2.73 bits per heavy atom. The van der Waals surface area contributed by atoms with E-state index >= 15 is 0 Å². The number of nitrogen functional groups attached to an aromatic ring is 1. The minimum atomic E-state index is -0.363. The summed E-state index contributed by atoms with van der Waals surface area (Å²) < 4.78 is 13.4. The summed E-state index contributed by atoms with van der Waals surface area (Å²) in [4.78, 5) is 10.6. The maximum absolute atomic E-state index is 13.4. The molecule has 0 aliphatic heterocycles. The van der Waals surface area contributed by atoms with Gasteiger partial charge in [-0.3, -0.25) is 4.79 Å². The van der Waals surface area contributed by atoms with Crippen LogP contribution in [0.25, 0.3) is 0 Å². The Morgan fingerprint density at radius 1 is 1.53 bits per heavy atom. The first kappa shape index (κ1) is 11.5. The summed E-state index contributed by atoms with van der Waals surface area (Å²) in [5.74, 6) is -0.720. The summed E-state index contributed by atoms with van der Waals surface area (Å²) in [6.45, 7) is 1.86. The van der Waals surface area contributed by atoms with Gasteiger partial charge in [-0.15, -0.1) is 0 Å². The molecule has 82 valence electrons. The molecule has 15 heavy (non-hydrogen) atoms. The van der Waals surface area contributed by atoms with Crippen LogP contribution in [0.1, 0.15) is 31.2 Å². The molecule has 3 nitrogen and oxygen atoms in total. The van der Waals surface area contributed by atoms with E-state index < -0.39 is 0 Å². The Bertz CT molecular complexity index is 366. The molecular weight excluding hydrogens is 195 g/mol. The van der Waals surface area contributed by atoms with Gasteiger partial charge < -0.3 is 11.5 Å². The second kappa shape index (κ2) is 4.77. The first-order chi connectivity index (χ1) is 7.00. The Labute approximate surface area is 88.3 Å². The molecule has 1 amide bonds. The Balaban J connectivity index is 2.73. The first-order valence-corrected chi connectivity index (χ1v) is 4.84. The number of nitrogens with two attached hydrogens (primary N) is 2. The van der Waals surface area contributed by atoms with Crippen molar-refractivity contribution in [2.45, 2.75) is 25.7 Å². The summed E-state index contributed by atoms with van der Waals surface area (Å²) in [7, 11) is 0. The molecule has 1 atom stereocenters. The highest BCUT2D eigenvalue weighted by Crippen LogP contribution is 2.24. The van der Waals surface area contributed by atoms with Crippen molar-refractivity contribution in [3.63, 3.8) is 0 Å². The van der Waals surface area contributed by atoms with Crippen LogP contribution in [0.2, 0.25) is 0 Å². The third-order valence-electron chi connectivity index (χ3n) is 2.38. The molecule has 0 aliphatic carbocycles. The fourth-order valence-corrected chi connectivity index (χ4v) is 1.46. The molecule has 1 aromatic rings. The molecule has 1 unspecified atom stereocenters. The summed E-state index contributed by atoms with van der Waals surface area (Å²) >= 11 is 0. The lowest BCUT2D eigenvalue weighted by Crippen LogP contribution is -2.11. The van der Waals surface area contributed by atoms with E-state index in [4.69, 9.17) is 11.5 Å². The molecular formula is C11H15FN2O. The van der Waals surface area contributed by atoms with Gasteiger partial charge in [0.05, 0.1) is 0 Å². The average molecular weight is 210 g/mol. The lowest BCUT2D eigenvalue weighted by Gasteiger charge is -2.12. The molecule has 4 N–H and O–H groups in total. The third-order valence-corrected chi connectivity index (χ3v) is 2.38. The molecule has 1 aromatic carbocycles. The minimum absolute atomic E-state index is 0.0295. The topological polar surface area (TPSA) is 69.1 Å². The van der Waals surface area contributed by atoms with Gasteiger partial charge in [-0.05, 0) is 30.0 Å². The standard InChI is InChI=1S/C11H15FN2O/c1-7(2-5-11(14)15)9-4-3-8(13)6-10(9)12/h3-4,6-7H,2,5,13H2,1H3,(H2,14,15). The molecule has 0 heterocycles. The molecule has 0 spiro atoms. The summed E-state index contributed by atoms with van der Waals surface area (Å²) in [5.41, 5.74) is 11.4. The molecule has 0 radical (unpaired) electrons. The zero-order valence-electron chi connectivity index (χ0n) is 8.66. The molecule has 0 saturated carbocycles. The van der Waals surface area contributed by atoms with E-state index in [-0.39, 0.29) is 24.1 Å². The van der Waals surface area contributed by atoms with Crippen molar-refractivity contribution in [1.82, 2.24) is 0 Å². The average Bonchev–Trinajstić information content (AvgIpc) is 2.14. The van der Waals surface area contributed by atoms with Crippen LogP contribution in [0.3, 0.4) is 0 Å². The third kappa shape index (κ3) is 3.23. The highest BCUT2D eigenvalue weighted by Gasteiger charge is 2.11. The summed E-state index contributed by atoms with van der Waals surface area (Å²) in [6, 6.07) is 4.59. The number of rotatable bonds is 4. The quantitative estimate of drug-likeness (QED) is 0.744. The molecule has 0 saturated heterocycles. The summed E-state index contributed by atoms with van der Waals surface area (Å²) in [6.07, 6.45) is 0.821. The molecule has 0 aromatic heterocycles. The van der Waals surface area contributed by atoms with Crippen LogP contribution in [-0.4, -0.2) is 5.91 Å². The van der Waals surface area contributed by atoms with Crippen molar-refractivity contribution in [2.24, 2.45) is 5.73 Å². The number of amides is 1. The Kier molecular flexibility index (Phi) is 3.66. The van der Waals surface area contributed by atoms with Crippen molar-refractivity contribution < 1.29 is 9.18 Å². The number of anilines is 1. The van der Waals surface area contributed by atoms with Crippen molar-refractivity contribution in [1.29, 1.82) is 0 Å². The molecule has 0 aliphatic rings. The number of benzene rings is 1. The number of hydrogen-bond donors (Lipinski definition) is 2. The predicted molar refractivity (Wildman–Crippen MR) is 57.7 cm³/mol. The lowest BCUT2D eigenvalue weighted by atomic mass is 9.95. The van der Waals surface area contributed by atoms with Gasteiger partial charge in [0.25, 0.3) is 0 Å². The monoisotopic (exact) mass is 210 g/mol. The van der Waals surface area contributed by atoms with Gasteiger partial charge in [-0.2, -0.15) is 0 Å². The van der Waals surface area contributed by atoms with Gasteiger partial charge >= 0.3 is 0 Å². The van der Waals surface area contributed by atoms with Crippen LogP contribution in [-0.2, 0) is 4.79 Å². The highest BCUT2D eigenvalue weighted by molar-refractivity contribution is 5.73. The normalized spacial score (nSPS) is 12.4. The highest BCUT2D eigenvalue weighted by atomic mass is 19.1. The van der Waals surface area contributed by atoms with Crippen molar-refractivity contribution >= 4 is 11.6 Å². The fourth-order valence-electron chi connectivity index (χ4n) is 1.46. The van der Waals surface area contributed by atoms with Crippen LogP contribution in [0.15, 0.2) is 18.2 Å². The van der Waals surface area contributed by atoms with Gasteiger partial charge in [0.15, 0.2) is 0 Å². The van der Waals surface area contributed by atoms with Crippen LogP contribution in [0.5, 0.6) is 0 Å². The molecule has 0 bridgehead atoms. The van der Waals surface area contributed by atoms with E-state index in [1.807, 2.05) is 6.92 Å². The second-order valence-electron chi connectivity index (χ2n) is 3.69. The molecule has 1 rings (SSSR count). The number of halogens is 1. The van der Waals surface area contributed by atoms with Crippen molar-refractivity contribution in [3.05, 3.63) is 29.6 Å². The number of hydrogen-bond acceptors (Lipinski definition) is 2. The first-order valence-electron chi connectivity index (χ1n) is 4.84. The second-order valence-corrected chi connectivity index (χ2v) is 3.69. The van der Waals surface area contributed by atoms with Gasteiger partial charge in [0, 0.05) is 12.1 Å². The van der Waals surface area contributed by atoms with Crippen molar-refractivity contribution in [2.75, 3.05) is 5.73 Å². The van der Waals surface area contributed by atoms with Crippen LogP contribution < -0.4 is 11.5 Å². The largest absolute Gasteiger partial charge is 0.399 e. The summed E-state index contributed by atoms with van der Waals surface area (Å²) in [5, 5.41) is 0. The van der Waals surface area contributed by atoms with Gasteiger partial charge in [-0.1, -0.05) is 13.0 Å². The van der Waals surface area contributed by atoms with E-state index in [1.165, 1.54) is 6.07 Å². The van der Waals surface area contributed by atoms with E-state index in [0.29, 0.717) is 17.7 Å². The van der Waals surface area contributed by atoms with E-state index in [2.05, 4.69) is 0 Å². The SMILES string of the molecule is CC(CCC(N)=O)c1ccc(N)cc1F. The fraction of sp³-hybridized carbons (Fsp3) is 0.364. The maximum atomic E-state index is 13.4. The maximum Gasteiger partial charge on any atom is 0.217 e. The Morgan fingerprint density at radius 2 is 2.20 bits per heavy atom. The predicted octanol–water partition coefficient (Wildman–Crippen LogP) is 1.78. The van der Waals surface area contributed by atoms with Gasteiger partial charge in [0.2, 0.25) is 5.91 Å². The molecule has 4 heteroatoms. The Hall–Kier alpha value is -1.58. The van der Waals surface area contributed by atoms with Crippen molar-refractivity contribution in [3.8, 4) is 0 Å². The minimum Gasteiger partial charge on any atom is -0.399 e.